The molecule has 2 aromatic rings. The Labute approximate surface area is 138 Å². The van der Waals surface area contributed by atoms with Crippen LogP contribution in [0.1, 0.15) is 22.7 Å². The van der Waals surface area contributed by atoms with Crippen molar-refractivity contribution < 1.29 is 14.2 Å². The van der Waals surface area contributed by atoms with Gasteiger partial charge in [0.15, 0.2) is 11.5 Å². The standard InChI is InChI=1S/C18H16N2O4/c1-22-12-2-3-13-11(6-12)7-14-16-10(4-5-20(14)19-21)8-15-18(17(13)16)24-9-23-15/h2-3,6,8,14H,4-5,7,9H2,1H3. The van der Waals surface area contributed by atoms with Crippen LogP contribution in [-0.4, -0.2) is 25.5 Å². The zero-order valence-electron chi connectivity index (χ0n) is 13.2. The van der Waals surface area contributed by atoms with Gasteiger partial charge in [-0.15, -0.1) is 4.91 Å². The molecule has 2 aliphatic heterocycles. The molecule has 122 valence electrons. The molecule has 0 bridgehead atoms. The number of nitrogens with zero attached hydrogens (tertiary/aromatic N) is 2. The molecule has 1 atom stereocenters. The fraction of sp³-hybridized carbons (Fsp3) is 0.333. The van der Waals surface area contributed by atoms with Gasteiger partial charge in [-0.3, -0.25) is 5.01 Å². The van der Waals surface area contributed by atoms with Gasteiger partial charge < -0.3 is 14.2 Å². The summed E-state index contributed by atoms with van der Waals surface area (Å²) < 4.78 is 16.8. The van der Waals surface area contributed by atoms with Gasteiger partial charge in [-0.25, -0.2) is 0 Å². The number of rotatable bonds is 2. The van der Waals surface area contributed by atoms with E-state index in [0.717, 1.165) is 52.3 Å². The van der Waals surface area contributed by atoms with E-state index in [4.69, 9.17) is 14.2 Å². The molecular formula is C18H16N2O4. The van der Waals surface area contributed by atoms with Gasteiger partial charge in [0.05, 0.1) is 18.4 Å². The first-order chi connectivity index (χ1) is 11.8. The highest BCUT2D eigenvalue weighted by atomic mass is 16.7. The zero-order valence-corrected chi connectivity index (χ0v) is 13.2. The number of nitroso groups, excluding NO2 is 1. The number of ether oxygens (including phenoxy) is 3. The van der Waals surface area contributed by atoms with E-state index >= 15 is 0 Å². The van der Waals surface area contributed by atoms with Crippen LogP contribution in [0.25, 0.3) is 11.1 Å². The predicted molar refractivity (Wildman–Crippen MR) is 87.2 cm³/mol. The second kappa shape index (κ2) is 4.87. The van der Waals surface area contributed by atoms with Crippen LogP contribution in [0.4, 0.5) is 0 Å². The molecule has 0 fully saturated rings. The number of hydrogen-bond acceptors (Lipinski definition) is 5. The summed E-state index contributed by atoms with van der Waals surface area (Å²) in [7, 11) is 1.66. The average Bonchev–Trinajstić information content (AvgIpc) is 3.09. The number of benzene rings is 2. The molecule has 2 heterocycles. The van der Waals surface area contributed by atoms with Crippen LogP contribution in [0, 0.1) is 4.91 Å². The number of hydrogen-bond donors (Lipinski definition) is 0. The number of fused-ring (bicyclic) bond motifs is 4. The van der Waals surface area contributed by atoms with Crippen molar-refractivity contribution in [2.45, 2.75) is 18.9 Å². The Morgan fingerprint density at radius 3 is 3.00 bits per heavy atom. The zero-order chi connectivity index (χ0) is 16.3. The van der Waals surface area contributed by atoms with Gasteiger partial charge in [0.2, 0.25) is 6.79 Å². The summed E-state index contributed by atoms with van der Waals surface area (Å²) in [5.41, 5.74) is 5.68. The Bertz CT molecular complexity index is 865. The van der Waals surface area contributed by atoms with Gasteiger partial charge in [-0.05, 0) is 53.3 Å². The fourth-order valence-electron chi connectivity index (χ4n) is 4.13. The highest BCUT2D eigenvalue weighted by Crippen LogP contribution is 2.54. The summed E-state index contributed by atoms with van der Waals surface area (Å²) in [6.45, 7) is 0.858. The van der Waals surface area contributed by atoms with E-state index in [0.29, 0.717) is 6.54 Å². The highest BCUT2D eigenvalue weighted by Gasteiger charge is 2.39. The van der Waals surface area contributed by atoms with Crippen LogP contribution in [0.5, 0.6) is 17.2 Å². The van der Waals surface area contributed by atoms with Gasteiger partial charge >= 0.3 is 0 Å². The van der Waals surface area contributed by atoms with Crippen molar-refractivity contribution in [3.63, 3.8) is 0 Å². The lowest BCUT2D eigenvalue weighted by molar-refractivity contribution is 0.174. The van der Waals surface area contributed by atoms with E-state index in [1.165, 1.54) is 5.56 Å². The van der Waals surface area contributed by atoms with E-state index in [2.05, 4.69) is 17.4 Å². The van der Waals surface area contributed by atoms with Crippen LogP contribution < -0.4 is 14.2 Å². The van der Waals surface area contributed by atoms with E-state index in [1.54, 1.807) is 12.1 Å². The second-order valence-corrected chi connectivity index (χ2v) is 6.30. The Morgan fingerprint density at radius 2 is 2.17 bits per heavy atom. The molecule has 1 aliphatic carbocycles. The molecule has 2 aromatic carbocycles. The van der Waals surface area contributed by atoms with Crippen molar-refractivity contribution in [1.29, 1.82) is 0 Å². The lowest BCUT2D eigenvalue weighted by Crippen LogP contribution is -2.34. The lowest BCUT2D eigenvalue weighted by atomic mass is 9.77. The van der Waals surface area contributed by atoms with Gasteiger partial charge in [0, 0.05) is 12.1 Å². The maximum atomic E-state index is 11.3. The molecule has 0 N–H and O–H groups in total. The van der Waals surface area contributed by atoms with E-state index in [1.807, 2.05) is 12.1 Å². The van der Waals surface area contributed by atoms with Gasteiger partial charge in [-0.2, -0.15) is 0 Å². The third kappa shape index (κ3) is 1.71. The summed E-state index contributed by atoms with van der Waals surface area (Å²) in [6.07, 6.45) is 1.52. The molecule has 3 aliphatic rings. The second-order valence-electron chi connectivity index (χ2n) is 6.30. The molecule has 0 aromatic heterocycles. The first-order valence-corrected chi connectivity index (χ1v) is 8.02. The smallest absolute Gasteiger partial charge is 0.231 e. The summed E-state index contributed by atoms with van der Waals surface area (Å²) in [6, 6.07) is 8.06. The minimum Gasteiger partial charge on any atom is -0.497 e. The van der Waals surface area contributed by atoms with E-state index < -0.39 is 0 Å². The van der Waals surface area contributed by atoms with Crippen molar-refractivity contribution in [1.82, 2.24) is 5.01 Å². The maximum Gasteiger partial charge on any atom is 0.231 e. The molecule has 0 saturated heterocycles. The molecule has 0 saturated carbocycles. The summed E-state index contributed by atoms with van der Waals surface area (Å²) in [5, 5.41) is 4.91. The van der Waals surface area contributed by atoms with Gasteiger partial charge in [-0.1, -0.05) is 6.07 Å². The van der Waals surface area contributed by atoms with Crippen LogP contribution in [0.3, 0.4) is 0 Å². The lowest BCUT2D eigenvalue weighted by Gasteiger charge is -2.38. The number of methoxy groups -OCH3 is 1. The molecule has 6 heteroatoms. The first kappa shape index (κ1) is 13.7. The molecule has 1 unspecified atom stereocenters. The minimum atomic E-state index is -0.0599. The molecule has 0 amide bonds. The third-order valence-corrected chi connectivity index (χ3v) is 5.19. The Hall–Kier alpha value is -2.76. The SMILES string of the molecule is COc1ccc2c(c1)CC1c3c(cc4c(c3-2)OCO4)CCN1N=O. The summed E-state index contributed by atoms with van der Waals surface area (Å²) >= 11 is 0. The Kier molecular flexibility index (Phi) is 2.77. The fourth-order valence-corrected chi connectivity index (χ4v) is 4.13. The predicted octanol–water partition coefficient (Wildman–Crippen LogP) is 3.23. The maximum absolute atomic E-state index is 11.3. The van der Waals surface area contributed by atoms with Crippen LogP contribution in [0.15, 0.2) is 29.6 Å². The quantitative estimate of drug-likeness (QED) is 0.794. The highest BCUT2D eigenvalue weighted by molar-refractivity contribution is 5.84. The average molecular weight is 324 g/mol. The first-order valence-electron chi connectivity index (χ1n) is 8.02. The minimum absolute atomic E-state index is 0.0599. The molecule has 24 heavy (non-hydrogen) atoms. The van der Waals surface area contributed by atoms with Crippen LogP contribution in [0.2, 0.25) is 0 Å². The van der Waals surface area contributed by atoms with Gasteiger partial charge in [0.1, 0.15) is 5.75 Å². The Morgan fingerprint density at radius 1 is 1.25 bits per heavy atom. The van der Waals surface area contributed by atoms with Crippen LogP contribution >= 0.6 is 0 Å². The van der Waals surface area contributed by atoms with Crippen molar-refractivity contribution in [2.24, 2.45) is 5.29 Å². The molecular weight excluding hydrogens is 308 g/mol. The molecule has 5 rings (SSSR count). The van der Waals surface area contributed by atoms with Crippen molar-refractivity contribution in [2.75, 3.05) is 20.4 Å². The Balaban J connectivity index is 1.82. The summed E-state index contributed by atoms with van der Waals surface area (Å²) in [5.74, 6) is 2.37. The largest absolute Gasteiger partial charge is 0.497 e. The monoisotopic (exact) mass is 324 g/mol. The van der Waals surface area contributed by atoms with Gasteiger partial charge in [0.25, 0.3) is 0 Å². The summed E-state index contributed by atoms with van der Waals surface area (Å²) in [4.78, 5) is 11.3. The van der Waals surface area contributed by atoms with Crippen LogP contribution in [-0.2, 0) is 12.8 Å². The molecule has 6 nitrogen and oxygen atoms in total. The van der Waals surface area contributed by atoms with Crippen molar-refractivity contribution >= 4 is 0 Å². The topological polar surface area (TPSA) is 60.4 Å². The van der Waals surface area contributed by atoms with E-state index in [-0.39, 0.29) is 12.8 Å². The molecule has 0 radical (unpaired) electrons. The normalized spacial score (nSPS) is 19.5. The third-order valence-electron chi connectivity index (χ3n) is 5.19. The van der Waals surface area contributed by atoms with E-state index in [9.17, 15) is 4.91 Å². The molecule has 0 spiro atoms. The van der Waals surface area contributed by atoms with Crippen molar-refractivity contribution in [3.05, 3.63) is 45.9 Å². The van der Waals surface area contributed by atoms with Crippen molar-refractivity contribution in [3.8, 4) is 28.4 Å².